The van der Waals surface area contributed by atoms with Crippen molar-refractivity contribution in [2.45, 2.75) is 23.8 Å². The van der Waals surface area contributed by atoms with Crippen molar-refractivity contribution in [2.75, 3.05) is 33.3 Å². The van der Waals surface area contributed by atoms with Crippen LogP contribution in [0.3, 0.4) is 0 Å². The Morgan fingerprint density at radius 1 is 1.17 bits per heavy atom. The van der Waals surface area contributed by atoms with Gasteiger partial charge in [-0.15, -0.1) is 0 Å². The number of para-hydroxylation sites is 2. The van der Waals surface area contributed by atoms with Crippen LogP contribution >= 0.6 is 0 Å². The minimum atomic E-state index is -3.90. The van der Waals surface area contributed by atoms with E-state index in [2.05, 4.69) is 4.90 Å². The molecule has 9 heteroatoms. The van der Waals surface area contributed by atoms with Crippen molar-refractivity contribution in [3.63, 3.8) is 0 Å². The monoisotopic (exact) mass is 434 g/mol. The molecular formula is C21H23FN2O5S. The average Bonchev–Trinajstić information content (AvgIpc) is 2.90. The van der Waals surface area contributed by atoms with Gasteiger partial charge in [0.15, 0.2) is 11.5 Å². The highest BCUT2D eigenvalue weighted by atomic mass is 32.2. The molecule has 0 aromatic heterocycles. The summed E-state index contributed by atoms with van der Waals surface area (Å²) in [7, 11) is -1.94. The molecule has 2 heterocycles. The van der Waals surface area contributed by atoms with Gasteiger partial charge in [0, 0.05) is 13.1 Å². The summed E-state index contributed by atoms with van der Waals surface area (Å²) in [6.07, 6.45) is 1.12. The van der Waals surface area contributed by atoms with Crippen LogP contribution in [-0.4, -0.2) is 62.9 Å². The van der Waals surface area contributed by atoms with Crippen molar-refractivity contribution in [3.05, 3.63) is 53.8 Å². The van der Waals surface area contributed by atoms with Crippen LogP contribution in [0.4, 0.5) is 4.39 Å². The summed E-state index contributed by atoms with van der Waals surface area (Å²) in [5.74, 6) is 0.186. The minimum Gasteiger partial charge on any atom is -0.486 e. The van der Waals surface area contributed by atoms with E-state index < -0.39 is 21.7 Å². The Hall–Kier alpha value is -2.65. The number of amides is 1. The Morgan fingerprint density at radius 2 is 1.93 bits per heavy atom. The summed E-state index contributed by atoms with van der Waals surface area (Å²) in [6, 6.07) is 10.7. The van der Waals surface area contributed by atoms with Gasteiger partial charge in [-0.2, -0.15) is 0 Å². The Labute approximate surface area is 175 Å². The zero-order chi connectivity index (χ0) is 21.3. The Kier molecular flexibility index (Phi) is 5.66. The molecule has 0 saturated heterocycles. The number of likely N-dealkylation sites (N-methyl/N-ethyl adjacent to an activating group) is 1. The Balaban J connectivity index is 1.25. The number of hydrogen-bond donors (Lipinski definition) is 0. The van der Waals surface area contributed by atoms with E-state index in [1.54, 1.807) is 0 Å². The van der Waals surface area contributed by atoms with Crippen LogP contribution in [0.1, 0.15) is 23.2 Å². The second-order valence-electron chi connectivity index (χ2n) is 7.49. The third-order valence-electron chi connectivity index (χ3n) is 5.20. The van der Waals surface area contributed by atoms with E-state index in [0.29, 0.717) is 32.5 Å². The molecule has 30 heavy (non-hydrogen) atoms. The van der Waals surface area contributed by atoms with E-state index in [4.69, 9.17) is 9.47 Å². The second kappa shape index (κ2) is 8.23. The smallest absolute Gasteiger partial charge is 0.269 e. The first-order valence-corrected chi connectivity index (χ1v) is 11.2. The number of fused-ring (bicyclic) bond motifs is 2. The molecule has 0 radical (unpaired) electrons. The molecule has 0 saturated carbocycles. The van der Waals surface area contributed by atoms with Crippen molar-refractivity contribution in [3.8, 4) is 11.5 Å². The van der Waals surface area contributed by atoms with E-state index >= 15 is 0 Å². The number of benzene rings is 2. The predicted molar refractivity (Wildman–Crippen MR) is 108 cm³/mol. The van der Waals surface area contributed by atoms with Crippen LogP contribution in [0.5, 0.6) is 11.5 Å². The van der Waals surface area contributed by atoms with Crippen LogP contribution in [0.15, 0.2) is 47.4 Å². The third-order valence-corrected chi connectivity index (χ3v) is 7.04. The van der Waals surface area contributed by atoms with Gasteiger partial charge in [0.2, 0.25) is 0 Å². The first-order chi connectivity index (χ1) is 14.4. The van der Waals surface area contributed by atoms with Crippen LogP contribution < -0.4 is 9.47 Å². The van der Waals surface area contributed by atoms with Crippen LogP contribution in [0, 0.1) is 5.82 Å². The summed E-state index contributed by atoms with van der Waals surface area (Å²) < 4.78 is 51.0. The molecule has 1 unspecified atom stereocenters. The molecule has 1 atom stereocenters. The molecule has 2 aromatic rings. The van der Waals surface area contributed by atoms with E-state index in [-0.39, 0.29) is 23.1 Å². The van der Waals surface area contributed by atoms with Crippen molar-refractivity contribution in [1.29, 1.82) is 0 Å². The lowest BCUT2D eigenvalue weighted by molar-refractivity contribution is 0.0650. The zero-order valence-electron chi connectivity index (χ0n) is 16.6. The fourth-order valence-corrected chi connectivity index (χ4v) is 5.30. The van der Waals surface area contributed by atoms with Crippen LogP contribution in [0.25, 0.3) is 0 Å². The number of unbranched alkanes of at least 4 members (excludes halogenated alkanes) is 1. The quantitative estimate of drug-likeness (QED) is 0.624. The second-order valence-corrected chi connectivity index (χ2v) is 9.32. The molecule has 0 fully saturated rings. The molecular weight excluding hydrogens is 411 g/mol. The van der Waals surface area contributed by atoms with Gasteiger partial charge in [-0.05, 0) is 56.8 Å². The van der Waals surface area contributed by atoms with Gasteiger partial charge < -0.3 is 14.4 Å². The average molecular weight is 434 g/mol. The van der Waals surface area contributed by atoms with Crippen molar-refractivity contribution in [1.82, 2.24) is 9.21 Å². The summed E-state index contributed by atoms with van der Waals surface area (Å²) >= 11 is 0. The van der Waals surface area contributed by atoms with E-state index in [1.807, 2.05) is 31.3 Å². The SMILES string of the molecule is CN(CCCCN1C(=O)c2cc(F)ccc2S1(=O)=O)CC1COc2ccccc2O1. The lowest BCUT2D eigenvalue weighted by Gasteiger charge is -2.29. The molecule has 1 amide bonds. The van der Waals surface area contributed by atoms with Gasteiger partial charge in [0.1, 0.15) is 23.4 Å². The van der Waals surface area contributed by atoms with Crippen molar-refractivity contribution < 1.29 is 27.1 Å². The maximum Gasteiger partial charge on any atom is 0.269 e. The van der Waals surface area contributed by atoms with Gasteiger partial charge in [0.05, 0.1) is 5.56 Å². The number of nitrogens with zero attached hydrogens (tertiary/aromatic N) is 2. The molecule has 0 bridgehead atoms. The molecule has 0 aliphatic carbocycles. The normalized spacial score (nSPS) is 19.2. The van der Waals surface area contributed by atoms with Crippen molar-refractivity contribution >= 4 is 15.9 Å². The maximum absolute atomic E-state index is 13.4. The number of sulfonamides is 1. The summed E-state index contributed by atoms with van der Waals surface area (Å²) in [5, 5.41) is 0. The fourth-order valence-electron chi connectivity index (χ4n) is 3.71. The maximum atomic E-state index is 13.4. The highest BCUT2D eigenvalue weighted by Gasteiger charge is 2.40. The molecule has 2 aromatic carbocycles. The lowest BCUT2D eigenvalue weighted by atomic mass is 10.2. The molecule has 0 N–H and O–H groups in total. The van der Waals surface area contributed by atoms with E-state index in [1.165, 1.54) is 0 Å². The molecule has 7 nitrogen and oxygen atoms in total. The van der Waals surface area contributed by atoms with Gasteiger partial charge in [-0.1, -0.05) is 12.1 Å². The summed E-state index contributed by atoms with van der Waals surface area (Å²) in [5.41, 5.74) is -0.0955. The van der Waals surface area contributed by atoms with Gasteiger partial charge in [-0.25, -0.2) is 17.1 Å². The molecule has 4 rings (SSSR count). The number of halogens is 1. The first-order valence-electron chi connectivity index (χ1n) is 9.80. The van der Waals surface area contributed by atoms with Gasteiger partial charge >= 0.3 is 0 Å². The Bertz CT molecular complexity index is 1060. The zero-order valence-corrected chi connectivity index (χ0v) is 17.4. The van der Waals surface area contributed by atoms with Gasteiger partial charge in [-0.3, -0.25) is 4.79 Å². The minimum absolute atomic E-state index is 0.0712. The number of rotatable bonds is 7. The largest absolute Gasteiger partial charge is 0.486 e. The number of carbonyl (C=O) groups excluding carboxylic acids is 1. The highest BCUT2D eigenvalue weighted by molar-refractivity contribution is 7.90. The number of ether oxygens (including phenoxy) is 2. The number of carbonyl (C=O) groups is 1. The molecule has 2 aliphatic rings. The standard InChI is InChI=1S/C21H23FN2O5S/c1-23(13-16-14-28-18-6-2-3-7-19(18)29-16)10-4-5-11-24-21(25)17-12-15(22)8-9-20(17)30(24,26)27/h2-3,6-9,12,16H,4-5,10-11,13-14H2,1H3. The fraction of sp³-hybridized carbons (Fsp3) is 0.381. The van der Waals surface area contributed by atoms with E-state index in [9.17, 15) is 17.6 Å². The van der Waals surface area contributed by atoms with Crippen LogP contribution in [0.2, 0.25) is 0 Å². The predicted octanol–water partition coefficient (Wildman–Crippen LogP) is 2.52. The third kappa shape index (κ3) is 3.99. The molecule has 2 aliphatic heterocycles. The lowest BCUT2D eigenvalue weighted by Crippen LogP contribution is -2.39. The molecule has 0 spiro atoms. The molecule has 160 valence electrons. The highest BCUT2D eigenvalue weighted by Crippen LogP contribution is 2.32. The summed E-state index contributed by atoms with van der Waals surface area (Å²) in [6.45, 7) is 1.92. The van der Waals surface area contributed by atoms with Crippen molar-refractivity contribution in [2.24, 2.45) is 0 Å². The van der Waals surface area contributed by atoms with E-state index in [0.717, 1.165) is 34.0 Å². The number of hydrogen-bond acceptors (Lipinski definition) is 6. The summed E-state index contributed by atoms with van der Waals surface area (Å²) in [4.78, 5) is 14.4. The van der Waals surface area contributed by atoms with Gasteiger partial charge in [0.25, 0.3) is 15.9 Å². The topological polar surface area (TPSA) is 76.2 Å². The van der Waals surface area contributed by atoms with Crippen LogP contribution in [-0.2, 0) is 10.0 Å². The first kappa shape index (κ1) is 20.6. The Morgan fingerprint density at radius 3 is 2.73 bits per heavy atom.